The number of ether oxygens (including phenoxy) is 2. The quantitative estimate of drug-likeness (QED) is 0.171. The predicted octanol–water partition coefficient (Wildman–Crippen LogP) is 5.42. The van der Waals surface area contributed by atoms with Gasteiger partial charge in [-0.15, -0.1) is 0 Å². The highest BCUT2D eigenvalue weighted by Crippen LogP contribution is 2.41. The first-order valence-corrected chi connectivity index (χ1v) is 15.4. The van der Waals surface area contributed by atoms with E-state index in [-0.39, 0.29) is 12.2 Å². The normalized spacial score (nSPS) is 21.0. The lowest BCUT2D eigenvalue weighted by molar-refractivity contribution is 0.0615. The maximum Gasteiger partial charge on any atom is 0.218 e. The first-order chi connectivity index (χ1) is 21.3. The summed E-state index contributed by atoms with van der Waals surface area (Å²) in [6.45, 7) is 1.22. The molecule has 4 aromatic rings. The summed E-state index contributed by atoms with van der Waals surface area (Å²) in [5.41, 5.74) is 5.82. The average molecular weight is 637 g/mol. The molecule has 0 unspecified atom stereocenters. The minimum Gasteiger partial charge on any atom is -0.496 e. The van der Waals surface area contributed by atoms with Crippen LogP contribution in [-0.4, -0.2) is 63.7 Å². The number of aliphatic hydroxyl groups is 2. The van der Waals surface area contributed by atoms with Crippen LogP contribution in [0, 0.1) is 0 Å². The highest BCUT2D eigenvalue weighted by molar-refractivity contribution is 6.38. The third-order valence-electron chi connectivity index (χ3n) is 8.40. The second-order valence-corrected chi connectivity index (χ2v) is 12.1. The molecule has 0 atom stereocenters. The predicted molar refractivity (Wildman–Crippen MR) is 171 cm³/mol. The fourth-order valence-electron chi connectivity index (χ4n) is 5.66. The zero-order valence-corrected chi connectivity index (χ0v) is 26.1. The van der Waals surface area contributed by atoms with Crippen LogP contribution >= 0.6 is 23.2 Å². The van der Waals surface area contributed by atoms with E-state index in [9.17, 15) is 10.2 Å². The van der Waals surface area contributed by atoms with Crippen LogP contribution in [0.15, 0.2) is 54.9 Å². The number of nitrogens with zero attached hydrogens (tertiary/aromatic N) is 3. The summed E-state index contributed by atoms with van der Waals surface area (Å²) < 4.78 is 11.3. The van der Waals surface area contributed by atoms with Crippen LogP contribution in [-0.2, 0) is 13.1 Å². The standard InChI is InChI=1S/C33H35Cl2N5O4/c1-43-28-10-18(6-7-19(28)15-36-21-11-23(41)12-21)31-30(35)32(39-17-38-31)26-5-3-4-25(29(26)34)27-9-8-20(33(40-27)44-2)16-37-22-13-24(42)14-22/h3-10,17,21-24,36-37,41-42H,11-16H2,1-2H3/t21-,22-,23-,24+. The summed E-state index contributed by atoms with van der Waals surface area (Å²) in [7, 11) is 3.24. The number of rotatable bonds is 11. The molecule has 0 saturated heterocycles. The lowest BCUT2D eigenvalue weighted by Gasteiger charge is -2.32. The topological polar surface area (TPSA) is 122 Å². The summed E-state index contributed by atoms with van der Waals surface area (Å²) in [5.74, 6) is 1.23. The Kier molecular flexibility index (Phi) is 9.32. The molecule has 0 radical (unpaired) electrons. The SMILES string of the molecule is COc1cc(-c2ncnc(-c3cccc(-c4ccc(CN[C@H]5C[C@@H](O)C5)c(OC)n4)c3Cl)c2Cl)ccc1CN[C@H]1C[C@H](O)C1. The molecule has 11 heteroatoms. The Morgan fingerprint density at radius 2 is 1.41 bits per heavy atom. The number of halogens is 2. The molecule has 0 bridgehead atoms. The molecule has 44 heavy (non-hydrogen) atoms. The molecule has 4 N–H and O–H groups in total. The minimum absolute atomic E-state index is 0.208. The molecule has 2 aromatic carbocycles. The minimum atomic E-state index is -0.215. The average Bonchev–Trinajstić information content (AvgIpc) is 3.00. The van der Waals surface area contributed by atoms with Crippen molar-refractivity contribution >= 4 is 23.2 Å². The van der Waals surface area contributed by atoms with E-state index < -0.39 is 0 Å². The van der Waals surface area contributed by atoms with Gasteiger partial charge < -0.3 is 30.3 Å². The van der Waals surface area contributed by atoms with Crippen molar-refractivity contribution in [2.75, 3.05) is 14.2 Å². The number of nitrogens with one attached hydrogen (secondary N) is 2. The van der Waals surface area contributed by atoms with Gasteiger partial charge in [0.15, 0.2) is 0 Å². The van der Waals surface area contributed by atoms with Crippen LogP contribution in [0.3, 0.4) is 0 Å². The number of aromatic nitrogens is 3. The van der Waals surface area contributed by atoms with Gasteiger partial charge in [0, 0.05) is 53.0 Å². The molecular formula is C33H35Cl2N5O4. The van der Waals surface area contributed by atoms with Gasteiger partial charge in [-0.05, 0) is 37.8 Å². The molecule has 0 aliphatic heterocycles. The van der Waals surface area contributed by atoms with E-state index in [1.165, 1.54) is 6.33 Å². The Morgan fingerprint density at radius 1 is 0.773 bits per heavy atom. The van der Waals surface area contributed by atoms with Crippen LogP contribution < -0.4 is 20.1 Å². The molecule has 2 fully saturated rings. The van der Waals surface area contributed by atoms with E-state index in [1.54, 1.807) is 14.2 Å². The largest absolute Gasteiger partial charge is 0.496 e. The second kappa shape index (κ2) is 13.4. The first kappa shape index (κ1) is 30.7. The number of hydrogen-bond acceptors (Lipinski definition) is 9. The zero-order valence-electron chi connectivity index (χ0n) is 24.6. The van der Waals surface area contributed by atoms with Crippen molar-refractivity contribution in [1.82, 2.24) is 25.6 Å². The monoisotopic (exact) mass is 635 g/mol. The molecule has 2 aliphatic rings. The summed E-state index contributed by atoms with van der Waals surface area (Å²) in [4.78, 5) is 13.8. The summed E-state index contributed by atoms with van der Waals surface area (Å²) in [6, 6.07) is 16.1. The fraction of sp³-hybridized carbons (Fsp3) is 0.364. The maximum atomic E-state index is 9.57. The highest BCUT2D eigenvalue weighted by Gasteiger charge is 2.28. The molecule has 9 nitrogen and oxygen atoms in total. The molecular weight excluding hydrogens is 601 g/mol. The van der Waals surface area contributed by atoms with E-state index >= 15 is 0 Å². The van der Waals surface area contributed by atoms with Crippen molar-refractivity contribution < 1.29 is 19.7 Å². The van der Waals surface area contributed by atoms with Gasteiger partial charge in [-0.1, -0.05) is 59.6 Å². The number of pyridine rings is 1. The lowest BCUT2D eigenvalue weighted by Crippen LogP contribution is -2.43. The third kappa shape index (κ3) is 6.40. The van der Waals surface area contributed by atoms with Gasteiger partial charge in [-0.25, -0.2) is 15.0 Å². The van der Waals surface area contributed by atoms with Crippen LogP contribution in [0.25, 0.3) is 33.8 Å². The van der Waals surface area contributed by atoms with Crippen molar-refractivity contribution in [3.05, 3.63) is 76.0 Å². The van der Waals surface area contributed by atoms with Gasteiger partial charge in [-0.2, -0.15) is 0 Å². The van der Waals surface area contributed by atoms with E-state index in [2.05, 4.69) is 20.6 Å². The van der Waals surface area contributed by atoms with E-state index in [0.717, 1.165) is 53.7 Å². The zero-order chi connectivity index (χ0) is 30.8. The Bertz CT molecular complexity index is 1520. The van der Waals surface area contributed by atoms with Crippen LogP contribution in [0.4, 0.5) is 0 Å². The Hall–Kier alpha value is -3.31. The Morgan fingerprint density at radius 3 is 2.07 bits per heavy atom. The number of hydrogen-bond donors (Lipinski definition) is 4. The molecule has 0 spiro atoms. The number of benzene rings is 2. The molecule has 6 rings (SSSR count). The van der Waals surface area contributed by atoms with Gasteiger partial charge in [0.1, 0.15) is 12.1 Å². The molecule has 2 aliphatic carbocycles. The summed E-state index contributed by atoms with van der Waals surface area (Å²) in [6.07, 6.45) is 4.10. The highest BCUT2D eigenvalue weighted by atomic mass is 35.5. The first-order valence-electron chi connectivity index (χ1n) is 14.7. The fourth-order valence-corrected chi connectivity index (χ4v) is 6.28. The molecule has 2 saturated carbocycles. The van der Waals surface area contributed by atoms with Crippen molar-refractivity contribution in [3.8, 4) is 45.4 Å². The van der Waals surface area contributed by atoms with Gasteiger partial charge in [0.05, 0.1) is 53.6 Å². The van der Waals surface area contributed by atoms with Gasteiger partial charge >= 0.3 is 0 Å². The number of methoxy groups -OCH3 is 2. The van der Waals surface area contributed by atoms with Crippen molar-refractivity contribution in [1.29, 1.82) is 0 Å². The molecule has 230 valence electrons. The van der Waals surface area contributed by atoms with Crippen LogP contribution in [0.5, 0.6) is 11.6 Å². The van der Waals surface area contributed by atoms with E-state index in [0.29, 0.717) is 63.7 Å². The van der Waals surface area contributed by atoms with Crippen molar-refractivity contribution in [3.63, 3.8) is 0 Å². The summed E-state index contributed by atoms with van der Waals surface area (Å²) >= 11 is 14.0. The Balaban J connectivity index is 1.25. The molecule has 2 aromatic heterocycles. The summed E-state index contributed by atoms with van der Waals surface area (Å²) in [5, 5.41) is 26.9. The van der Waals surface area contributed by atoms with Crippen LogP contribution in [0.1, 0.15) is 36.8 Å². The second-order valence-electron chi connectivity index (χ2n) is 11.3. The van der Waals surface area contributed by atoms with Crippen molar-refractivity contribution in [2.45, 2.75) is 63.1 Å². The van der Waals surface area contributed by atoms with E-state index in [1.807, 2.05) is 48.5 Å². The number of aliphatic hydroxyl groups excluding tert-OH is 2. The van der Waals surface area contributed by atoms with Gasteiger partial charge in [-0.3, -0.25) is 0 Å². The maximum absolute atomic E-state index is 9.57. The molecule has 0 amide bonds. The third-order valence-corrected chi connectivity index (χ3v) is 9.17. The van der Waals surface area contributed by atoms with Crippen LogP contribution in [0.2, 0.25) is 10.0 Å². The smallest absolute Gasteiger partial charge is 0.218 e. The lowest BCUT2D eigenvalue weighted by atomic mass is 9.89. The van der Waals surface area contributed by atoms with E-state index in [4.69, 9.17) is 37.7 Å². The molecule has 2 heterocycles. The van der Waals surface area contributed by atoms with Gasteiger partial charge in [0.2, 0.25) is 5.88 Å². The van der Waals surface area contributed by atoms with Crippen molar-refractivity contribution in [2.24, 2.45) is 0 Å². The van der Waals surface area contributed by atoms with Gasteiger partial charge in [0.25, 0.3) is 0 Å². The Labute approximate surface area is 266 Å².